The minimum absolute atomic E-state index is 0.00239. The first-order valence-electron chi connectivity index (χ1n) is 11.3. The molecular formula is C22H32N4O4S3. The fourth-order valence-corrected chi connectivity index (χ4v) is 7.19. The highest BCUT2D eigenvalue weighted by Gasteiger charge is 2.42. The molecule has 3 atom stereocenters. The van der Waals surface area contributed by atoms with E-state index < -0.39 is 0 Å². The van der Waals surface area contributed by atoms with Crippen molar-refractivity contribution in [2.24, 2.45) is 0 Å². The molecule has 2 saturated heterocycles. The van der Waals surface area contributed by atoms with Gasteiger partial charge in [-0.2, -0.15) is 11.8 Å². The van der Waals surface area contributed by atoms with Gasteiger partial charge in [0.2, 0.25) is 11.8 Å². The van der Waals surface area contributed by atoms with Crippen LogP contribution < -0.4 is 21.3 Å². The average molecular weight is 513 g/mol. The van der Waals surface area contributed by atoms with Crippen LogP contribution in [-0.4, -0.2) is 64.1 Å². The third kappa shape index (κ3) is 9.21. The van der Waals surface area contributed by atoms with Crippen molar-refractivity contribution in [3.8, 4) is 5.75 Å². The number of carbonyl (C=O) groups excluding carboxylic acids is 3. The van der Waals surface area contributed by atoms with E-state index in [1.807, 2.05) is 11.8 Å². The number of unbranched alkanes of at least 4 members (excludes halogenated alkanes) is 1. The molecule has 2 heterocycles. The van der Waals surface area contributed by atoms with Crippen LogP contribution >= 0.6 is 33.3 Å². The zero-order valence-electron chi connectivity index (χ0n) is 18.5. The number of hydrogen-bond acceptors (Lipinski definition) is 7. The van der Waals surface area contributed by atoms with E-state index in [4.69, 9.17) is 0 Å². The molecule has 0 aliphatic carbocycles. The first kappa shape index (κ1) is 25.9. The normalized spacial score (nSPS) is 21.2. The zero-order chi connectivity index (χ0) is 23.5. The summed E-state index contributed by atoms with van der Waals surface area (Å²) in [5.41, 5.74) is 0.949. The largest absolute Gasteiger partial charge is 0.508 e. The summed E-state index contributed by atoms with van der Waals surface area (Å²) in [5.74, 6) is 2.79. The van der Waals surface area contributed by atoms with Gasteiger partial charge in [0.1, 0.15) is 5.75 Å². The second-order valence-corrected chi connectivity index (χ2v) is 12.0. The molecule has 182 valence electrons. The maximum Gasteiger partial charge on any atom is 0.315 e. The number of hydrogen-bond donors (Lipinski definition) is 5. The third-order valence-electron chi connectivity index (χ3n) is 5.51. The van der Waals surface area contributed by atoms with Crippen molar-refractivity contribution in [1.29, 1.82) is 0 Å². The van der Waals surface area contributed by atoms with E-state index in [-0.39, 0.29) is 35.7 Å². The molecule has 33 heavy (non-hydrogen) atoms. The van der Waals surface area contributed by atoms with E-state index in [1.165, 1.54) is 0 Å². The van der Waals surface area contributed by atoms with Gasteiger partial charge in [-0.15, -0.1) is 0 Å². The van der Waals surface area contributed by atoms with Crippen LogP contribution in [0, 0.1) is 0 Å². The lowest BCUT2D eigenvalue weighted by Gasteiger charge is -2.16. The van der Waals surface area contributed by atoms with Gasteiger partial charge >= 0.3 is 6.03 Å². The minimum Gasteiger partial charge on any atom is -0.508 e. The Morgan fingerprint density at radius 2 is 1.79 bits per heavy atom. The maximum atomic E-state index is 12.0. The monoisotopic (exact) mass is 512 g/mol. The topological polar surface area (TPSA) is 120 Å². The van der Waals surface area contributed by atoms with Crippen molar-refractivity contribution < 1.29 is 19.5 Å². The van der Waals surface area contributed by atoms with Crippen LogP contribution in [-0.2, 0) is 16.1 Å². The van der Waals surface area contributed by atoms with Crippen molar-refractivity contribution in [2.45, 2.75) is 56.0 Å². The molecule has 11 heteroatoms. The molecule has 3 unspecified atom stereocenters. The quantitative estimate of drug-likeness (QED) is 0.148. The molecule has 3 rings (SSSR count). The van der Waals surface area contributed by atoms with Gasteiger partial charge in [0.05, 0.1) is 12.1 Å². The Hall–Kier alpha value is -1.72. The zero-order valence-corrected chi connectivity index (χ0v) is 21.0. The summed E-state index contributed by atoms with van der Waals surface area (Å²) in [6.07, 6.45) is 3.86. The summed E-state index contributed by atoms with van der Waals surface area (Å²) in [5, 5.41) is 21.5. The molecule has 4 amide bonds. The fraction of sp³-hybridized carbons (Fsp3) is 0.591. The van der Waals surface area contributed by atoms with E-state index in [2.05, 4.69) is 21.3 Å². The second-order valence-electron chi connectivity index (χ2n) is 8.05. The number of phenolic OH excluding ortho intramolecular Hbond substituents is 1. The Morgan fingerprint density at radius 1 is 1.03 bits per heavy atom. The predicted octanol–water partition coefficient (Wildman–Crippen LogP) is 2.62. The van der Waals surface area contributed by atoms with Crippen LogP contribution in [0.15, 0.2) is 24.3 Å². The first-order chi connectivity index (χ1) is 16.0. The Balaban J connectivity index is 1.11. The van der Waals surface area contributed by atoms with Crippen molar-refractivity contribution >= 4 is 51.2 Å². The highest BCUT2D eigenvalue weighted by atomic mass is 33.1. The number of amides is 4. The summed E-state index contributed by atoms with van der Waals surface area (Å²) in [6.45, 7) is 1.08. The summed E-state index contributed by atoms with van der Waals surface area (Å²) < 4.78 is 0. The lowest BCUT2D eigenvalue weighted by atomic mass is 10.0. The van der Waals surface area contributed by atoms with Crippen molar-refractivity contribution in [3.05, 3.63) is 29.8 Å². The van der Waals surface area contributed by atoms with Gasteiger partial charge in [0.25, 0.3) is 0 Å². The molecule has 1 aromatic carbocycles. The van der Waals surface area contributed by atoms with Crippen molar-refractivity contribution in [1.82, 2.24) is 21.3 Å². The van der Waals surface area contributed by atoms with Crippen LogP contribution in [0.25, 0.3) is 0 Å². The number of carbonyl (C=O) groups is 3. The minimum atomic E-state index is -0.0559. The van der Waals surface area contributed by atoms with E-state index in [0.29, 0.717) is 31.2 Å². The molecule has 2 aliphatic heterocycles. The Bertz CT molecular complexity index is 796. The van der Waals surface area contributed by atoms with Gasteiger partial charge in [0, 0.05) is 48.4 Å². The van der Waals surface area contributed by atoms with Crippen LogP contribution in [0.2, 0.25) is 0 Å². The summed E-state index contributed by atoms with van der Waals surface area (Å²) in [4.78, 5) is 35.3. The average Bonchev–Trinajstić information content (AvgIpc) is 3.35. The Morgan fingerprint density at radius 3 is 2.61 bits per heavy atom. The van der Waals surface area contributed by atoms with E-state index in [9.17, 15) is 19.5 Å². The van der Waals surface area contributed by atoms with Crippen molar-refractivity contribution in [3.63, 3.8) is 0 Å². The van der Waals surface area contributed by atoms with Crippen LogP contribution in [0.1, 0.15) is 37.7 Å². The van der Waals surface area contributed by atoms with Crippen LogP contribution in [0.3, 0.4) is 0 Å². The van der Waals surface area contributed by atoms with Gasteiger partial charge < -0.3 is 26.4 Å². The number of urea groups is 1. The van der Waals surface area contributed by atoms with Gasteiger partial charge in [-0.3, -0.25) is 9.59 Å². The third-order valence-corrected chi connectivity index (χ3v) is 9.43. The molecule has 0 radical (unpaired) electrons. The number of rotatable bonds is 14. The van der Waals surface area contributed by atoms with Crippen LogP contribution in [0.5, 0.6) is 5.75 Å². The number of phenols is 1. The molecule has 2 aliphatic rings. The molecule has 2 fully saturated rings. The molecule has 0 saturated carbocycles. The lowest BCUT2D eigenvalue weighted by molar-refractivity contribution is -0.121. The molecule has 8 nitrogen and oxygen atoms in total. The summed E-state index contributed by atoms with van der Waals surface area (Å²) >= 11 is 1.91. The number of fused-ring (bicyclic) bond motifs is 1. The van der Waals surface area contributed by atoms with Gasteiger partial charge in [-0.25, -0.2) is 4.79 Å². The van der Waals surface area contributed by atoms with Gasteiger partial charge in [-0.05, 0) is 30.5 Å². The second kappa shape index (κ2) is 13.9. The molecule has 0 aromatic heterocycles. The maximum absolute atomic E-state index is 12.0. The smallest absolute Gasteiger partial charge is 0.315 e. The first-order valence-corrected chi connectivity index (χ1v) is 14.8. The SMILES string of the molecule is O=C(CCCCC1SCC2NC(=O)NC21)NCCSSCCC(=O)NCc1ccc(O)cc1. The summed E-state index contributed by atoms with van der Waals surface area (Å²) in [6, 6.07) is 7.21. The van der Waals surface area contributed by atoms with Crippen LogP contribution in [0.4, 0.5) is 4.79 Å². The molecule has 0 bridgehead atoms. The molecule has 1 aromatic rings. The highest BCUT2D eigenvalue weighted by Crippen LogP contribution is 2.33. The van der Waals surface area contributed by atoms with Crippen molar-refractivity contribution in [2.75, 3.05) is 23.8 Å². The Labute approximate surface area is 207 Å². The van der Waals surface area contributed by atoms with E-state index in [0.717, 1.165) is 42.1 Å². The molecular weight excluding hydrogens is 480 g/mol. The van der Waals surface area contributed by atoms with Gasteiger partial charge in [-0.1, -0.05) is 40.1 Å². The Kier molecular flexibility index (Phi) is 10.9. The number of thioether (sulfide) groups is 1. The molecule has 5 N–H and O–H groups in total. The lowest BCUT2D eigenvalue weighted by Crippen LogP contribution is -2.36. The molecule has 0 spiro atoms. The number of aromatic hydroxyl groups is 1. The predicted molar refractivity (Wildman–Crippen MR) is 136 cm³/mol. The summed E-state index contributed by atoms with van der Waals surface area (Å²) in [7, 11) is 3.29. The standard InChI is InChI=1S/C22H32N4O4S3/c27-16-7-5-15(6-8-16)13-24-20(29)9-11-32-33-12-10-23-19(28)4-2-1-3-18-21-17(14-31-18)25-22(30)26-21/h5-8,17-18,21,27H,1-4,9-14H2,(H,23,28)(H,24,29)(H2,25,26,30). The highest BCUT2D eigenvalue weighted by molar-refractivity contribution is 8.76. The number of benzene rings is 1. The van der Waals surface area contributed by atoms with Gasteiger partial charge in [0.15, 0.2) is 0 Å². The van der Waals surface area contributed by atoms with E-state index in [1.54, 1.807) is 45.9 Å². The fourth-order valence-electron chi connectivity index (χ4n) is 3.75. The number of nitrogens with one attached hydrogen (secondary N) is 4. The van der Waals surface area contributed by atoms with E-state index >= 15 is 0 Å².